The highest BCUT2D eigenvalue weighted by atomic mass is 16.5. The van der Waals surface area contributed by atoms with Crippen molar-refractivity contribution in [1.29, 1.82) is 0 Å². The van der Waals surface area contributed by atoms with E-state index < -0.39 is 5.92 Å². The van der Waals surface area contributed by atoms with E-state index in [0.717, 1.165) is 55.6 Å². The van der Waals surface area contributed by atoms with Crippen LogP contribution in [0.4, 0.5) is 5.69 Å². The number of hydrogen-bond acceptors (Lipinski definition) is 6. The summed E-state index contributed by atoms with van der Waals surface area (Å²) >= 11 is 0. The maximum absolute atomic E-state index is 13.4. The average molecular weight is 421 g/mol. The van der Waals surface area contributed by atoms with Gasteiger partial charge in [-0.2, -0.15) is 10.1 Å². The Morgan fingerprint density at radius 1 is 1.13 bits per heavy atom. The van der Waals surface area contributed by atoms with Crippen molar-refractivity contribution in [2.24, 2.45) is 16.0 Å². The number of anilines is 1. The second kappa shape index (κ2) is 9.85. The highest BCUT2D eigenvalue weighted by molar-refractivity contribution is 6.32. The van der Waals surface area contributed by atoms with Gasteiger partial charge in [-0.25, -0.2) is 0 Å². The summed E-state index contributed by atoms with van der Waals surface area (Å²) in [5, 5.41) is 6.20. The molecule has 31 heavy (non-hydrogen) atoms. The molecule has 2 heterocycles. The molecule has 0 aromatic heterocycles. The van der Waals surface area contributed by atoms with E-state index in [0.29, 0.717) is 12.2 Å². The van der Waals surface area contributed by atoms with Crippen molar-refractivity contribution >= 4 is 23.0 Å². The van der Waals surface area contributed by atoms with Crippen molar-refractivity contribution in [2.45, 2.75) is 6.92 Å². The zero-order chi connectivity index (χ0) is 21.6. The molecule has 0 saturated carbocycles. The third-order valence-corrected chi connectivity index (χ3v) is 5.62. The van der Waals surface area contributed by atoms with Gasteiger partial charge in [-0.3, -0.25) is 14.7 Å². The number of carbonyl (C=O) groups is 1. The number of aliphatic imine (C=N–C) groups is 1. The largest absolute Gasteiger partial charge is 0.497 e. The normalized spacial score (nSPS) is 20.1. The fraction of sp³-hybridized carbons (Fsp3) is 0.375. The molecular formula is C24H28N4O3. The van der Waals surface area contributed by atoms with Crippen molar-refractivity contribution in [3.8, 4) is 5.75 Å². The first-order chi connectivity index (χ1) is 15.2. The zero-order valence-electron chi connectivity index (χ0n) is 18.0. The van der Waals surface area contributed by atoms with Gasteiger partial charge >= 0.3 is 0 Å². The second-order valence-corrected chi connectivity index (χ2v) is 7.61. The lowest BCUT2D eigenvalue weighted by Gasteiger charge is -2.25. The van der Waals surface area contributed by atoms with Gasteiger partial charge in [0.15, 0.2) is 0 Å². The fourth-order valence-corrected chi connectivity index (χ4v) is 3.86. The quantitative estimate of drug-likeness (QED) is 0.646. The molecule has 0 N–H and O–H groups in total. The smallest absolute Gasteiger partial charge is 0.262 e. The Balaban J connectivity index is 1.57. The minimum Gasteiger partial charge on any atom is -0.497 e. The molecule has 1 atom stereocenters. The number of nitrogens with zero attached hydrogens (tertiary/aromatic N) is 4. The number of hydrazone groups is 1. The van der Waals surface area contributed by atoms with Crippen molar-refractivity contribution in [1.82, 2.24) is 4.90 Å². The third kappa shape index (κ3) is 4.84. The predicted molar refractivity (Wildman–Crippen MR) is 122 cm³/mol. The first-order valence-corrected chi connectivity index (χ1v) is 10.6. The number of benzene rings is 2. The lowest BCUT2D eigenvalue weighted by Crippen LogP contribution is -2.38. The number of ether oxygens (including phenoxy) is 2. The summed E-state index contributed by atoms with van der Waals surface area (Å²) < 4.78 is 10.6. The van der Waals surface area contributed by atoms with Crippen molar-refractivity contribution in [2.75, 3.05) is 51.5 Å². The molecule has 162 valence electrons. The highest BCUT2D eigenvalue weighted by Crippen LogP contribution is 2.29. The number of methoxy groups -OCH3 is 1. The van der Waals surface area contributed by atoms with E-state index >= 15 is 0 Å². The van der Waals surface area contributed by atoms with Gasteiger partial charge in [0.25, 0.3) is 5.91 Å². The average Bonchev–Trinajstić information content (AvgIpc) is 3.17. The summed E-state index contributed by atoms with van der Waals surface area (Å²) in [5.41, 5.74) is 3.16. The van der Waals surface area contributed by atoms with E-state index in [4.69, 9.17) is 19.6 Å². The van der Waals surface area contributed by atoms with Crippen LogP contribution in [-0.2, 0) is 9.53 Å². The molecule has 4 rings (SSSR count). The van der Waals surface area contributed by atoms with Gasteiger partial charge in [0.2, 0.25) is 0 Å². The van der Waals surface area contributed by atoms with Gasteiger partial charge in [0, 0.05) is 25.3 Å². The van der Waals surface area contributed by atoms with E-state index in [2.05, 4.69) is 4.90 Å². The molecule has 2 aromatic rings. The van der Waals surface area contributed by atoms with E-state index in [-0.39, 0.29) is 5.91 Å². The van der Waals surface area contributed by atoms with Crippen LogP contribution in [0.3, 0.4) is 0 Å². The molecule has 7 heteroatoms. The molecule has 1 saturated heterocycles. The lowest BCUT2D eigenvalue weighted by atomic mass is 9.93. The van der Waals surface area contributed by atoms with Gasteiger partial charge in [0.05, 0.1) is 38.3 Å². The van der Waals surface area contributed by atoms with Crippen molar-refractivity contribution in [3.05, 3.63) is 60.2 Å². The van der Waals surface area contributed by atoms with E-state index in [9.17, 15) is 4.79 Å². The number of hydrogen-bond donors (Lipinski definition) is 0. The summed E-state index contributed by atoms with van der Waals surface area (Å²) in [6.07, 6.45) is 0. The molecule has 1 amide bonds. The summed E-state index contributed by atoms with van der Waals surface area (Å²) in [6.45, 7) is 6.84. The molecule has 2 aromatic carbocycles. The standard InChI is InChI=1S/C24H28N4O3/c1-18(25-12-13-27-14-16-31-17-15-27)22-23(19-6-4-3-5-7-19)26-28(24(22)29)20-8-10-21(30-2)11-9-20/h3-11,22H,12-17H2,1-2H3. The van der Waals surface area contributed by atoms with Crippen LogP contribution in [0.25, 0.3) is 0 Å². The summed E-state index contributed by atoms with van der Waals surface area (Å²) in [5.74, 6) is 0.158. The molecule has 0 bridgehead atoms. The topological polar surface area (TPSA) is 66.7 Å². The maximum Gasteiger partial charge on any atom is 0.262 e. The van der Waals surface area contributed by atoms with Crippen LogP contribution >= 0.6 is 0 Å². The molecule has 2 aliphatic heterocycles. The van der Waals surface area contributed by atoms with E-state index in [1.54, 1.807) is 7.11 Å². The molecule has 0 spiro atoms. The van der Waals surface area contributed by atoms with Crippen LogP contribution in [0.1, 0.15) is 12.5 Å². The molecule has 2 aliphatic rings. The second-order valence-electron chi connectivity index (χ2n) is 7.61. The maximum atomic E-state index is 13.4. The zero-order valence-corrected chi connectivity index (χ0v) is 18.0. The first-order valence-electron chi connectivity index (χ1n) is 10.6. The molecule has 7 nitrogen and oxygen atoms in total. The van der Waals surface area contributed by atoms with Gasteiger partial charge in [-0.05, 0) is 36.8 Å². The number of rotatable bonds is 7. The Morgan fingerprint density at radius 3 is 2.52 bits per heavy atom. The van der Waals surface area contributed by atoms with Gasteiger partial charge in [-0.15, -0.1) is 0 Å². The Morgan fingerprint density at radius 2 is 1.84 bits per heavy atom. The highest BCUT2D eigenvalue weighted by Gasteiger charge is 2.39. The van der Waals surface area contributed by atoms with Crippen LogP contribution in [0.5, 0.6) is 5.75 Å². The summed E-state index contributed by atoms with van der Waals surface area (Å²) in [4.78, 5) is 20.5. The van der Waals surface area contributed by atoms with Crippen LogP contribution in [0.15, 0.2) is 64.7 Å². The number of morpholine rings is 1. The first kappa shape index (κ1) is 21.2. The van der Waals surface area contributed by atoms with Crippen molar-refractivity contribution in [3.63, 3.8) is 0 Å². The molecule has 1 fully saturated rings. The molecular weight excluding hydrogens is 392 g/mol. The molecule has 1 unspecified atom stereocenters. The van der Waals surface area contributed by atoms with E-state index in [1.165, 1.54) is 5.01 Å². The van der Waals surface area contributed by atoms with Crippen LogP contribution < -0.4 is 9.75 Å². The van der Waals surface area contributed by atoms with Gasteiger partial charge < -0.3 is 9.47 Å². The minimum atomic E-state index is -0.491. The molecule has 0 aliphatic carbocycles. The summed E-state index contributed by atoms with van der Waals surface area (Å²) in [7, 11) is 1.62. The van der Waals surface area contributed by atoms with Gasteiger partial charge in [-0.1, -0.05) is 30.3 Å². The SMILES string of the molecule is COc1ccc(N2N=C(c3ccccc3)C(C(C)=NCCN3CCOCC3)C2=O)cc1. The van der Waals surface area contributed by atoms with Crippen LogP contribution in [0.2, 0.25) is 0 Å². The van der Waals surface area contributed by atoms with Crippen LogP contribution in [0, 0.1) is 5.92 Å². The Kier molecular flexibility index (Phi) is 6.74. The van der Waals surface area contributed by atoms with Gasteiger partial charge in [0.1, 0.15) is 11.7 Å². The molecule has 0 radical (unpaired) electrons. The Hall–Kier alpha value is -3.03. The fourth-order valence-electron chi connectivity index (χ4n) is 3.86. The number of carbonyl (C=O) groups excluding carboxylic acids is 1. The van der Waals surface area contributed by atoms with E-state index in [1.807, 2.05) is 61.5 Å². The lowest BCUT2D eigenvalue weighted by molar-refractivity contribution is -0.118. The van der Waals surface area contributed by atoms with Crippen LogP contribution in [-0.4, -0.2) is 68.7 Å². The Bertz CT molecular complexity index is 951. The minimum absolute atomic E-state index is 0.0864. The van der Waals surface area contributed by atoms with Crippen molar-refractivity contribution < 1.29 is 14.3 Å². The monoisotopic (exact) mass is 420 g/mol. The summed E-state index contributed by atoms with van der Waals surface area (Å²) in [6, 6.07) is 17.2. The third-order valence-electron chi connectivity index (χ3n) is 5.62. The predicted octanol–water partition coefficient (Wildman–Crippen LogP) is 2.86. The Labute approximate surface area is 183 Å². The number of amides is 1.